The summed E-state index contributed by atoms with van der Waals surface area (Å²) in [7, 11) is 0. The molecule has 0 saturated heterocycles. The standard InChI is InChI=1S/C24H19NO3/c1-15-12-16(2)23-20(13-15)21(26)14-22(28-23)17-8-10-18(11-9-17)24(27)25-19-6-4-3-5-7-19/h3-14H,1-2H3,(H,25,27). The van der Waals surface area contributed by atoms with Gasteiger partial charge in [-0.1, -0.05) is 36.4 Å². The van der Waals surface area contributed by atoms with Crippen molar-refractivity contribution in [2.45, 2.75) is 13.8 Å². The number of aryl methyl sites for hydroxylation is 2. The minimum absolute atomic E-state index is 0.0750. The van der Waals surface area contributed by atoms with E-state index < -0.39 is 0 Å². The molecule has 3 aromatic carbocycles. The van der Waals surface area contributed by atoms with Gasteiger partial charge in [0.15, 0.2) is 5.43 Å². The summed E-state index contributed by atoms with van der Waals surface area (Å²) >= 11 is 0. The number of nitrogens with one attached hydrogen (secondary N) is 1. The number of carbonyl (C=O) groups excluding carboxylic acids is 1. The zero-order valence-electron chi connectivity index (χ0n) is 15.7. The molecule has 28 heavy (non-hydrogen) atoms. The lowest BCUT2D eigenvalue weighted by atomic mass is 10.1. The van der Waals surface area contributed by atoms with E-state index >= 15 is 0 Å². The smallest absolute Gasteiger partial charge is 0.255 e. The number of anilines is 1. The Kier molecular flexibility index (Phi) is 4.53. The van der Waals surface area contributed by atoms with Crippen molar-refractivity contribution >= 4 is 22.6 Å². The summed E-state index contributed by atoms with van der Waals surface area (Å²) < 4.78 is 6.01. The summed E-state index contributed by atoms with van der Waals surface area (Å²) in [5, 5.41) is 3.43. The highest BCUT2D eigenvalue weighted by molar-refractivity contribution is 6.04. The molecule has 1 amide bonds. The van der Waals surface area contributed by atoms with Crippen molar-refractivity contribution in [1.82, 2.24) is 0 Å². The molecule has 0 aliphatic carbocycles. The Balaban J connectivity index is 1.65. The number of para-hydroxylation sites is 1. The topological polar surface area (TPSA) is 59.3 Å². The van der Waals surface area contributed by atoms with E-state index in [1.807, 2.05) is 56.3 Å². The number of hydrogen-bond donors (Lipinski definition) is 1. The lowest BCUT2D eigenvalue weighted by molar-refractivity contribution is 0.102. The van der Waals surface area contributed by atoms with E-state index in [-0.39, 0.29) is 11.3 Å². The molecule has 138 valence electrons. The van der Waals surface area contributed by atoms with Crippen molar-refractivity contribution < 1.29 is 9.21 Å². The Hall–Kier alpha value is -3.66. The summed E-state index contributed by atoms with van der Waals surface area (Å²) in [5.74, 6) is 0.295. The molecule has 0 aliphatic rings. The van der Waals surface area contributed by atoms with Crippen LogP contribution in [-0.4, -0.2) is 5.91 Å². The first-order valence-corrected chi connectivity index (χ1v) is 9.03. The van der Waals surface area contributed by atoms with Gasteiger partial charge in [0.25, 0.3) is 5.91 Å². The summed E-state index contributed by atoms with van der Waals surface area (Å²) in [6.45, 7) is 3.89. The van der Waals surface area contributed by atoms with Gasteiger partial charge in [0.2, 0.25) is 0 Å². The minimum atomic E-state index is -0.191. The van der Waals surface area contributed by atoms with Crippen LogP contribution in [0.4, 0.5) is 5.69 Å². The maximum atomic E-state index is 12.5. The number of benzene rings is 3. The third-order valence-electron chi connectivity index (χ3n) is 4.62. The fourth-order valence-corrected chi connectivity index (χ4v) is 3.26. The van der Waals surface area contributed by atoms with E-state index in [1.54, 1.807) is 24.3 Å². The van der Waals surface area contributed by atoms with Gasteiger partial charge in [-0.05, 0) is 55.3 Å². The Morgan fingerprint density at radius 2 is 1.61 bits per heavy atom. The van der Waals surface area contributed by atoms with Crippen LogP contribution in [0.1, 0.15) is 21.5 Å². The normalized spacial score (nSPS) is 10.8. The molecule has 0 atom stereocenters. The van der Waals surface area contributed by atoms with E-state index in [9.17, 15) is 9.59 Å². The first-order chi connectivity index (χ1) is 13.5. The molecular weight excluding hydrogens is 350 g/mol. The second-order valence-electron chi connectivity index (χ2n) is 6.83. The first-order valence-electron chi connectivity index (χ1n) is 9.03. The Morgan fingerprint density at radius 1 is 0.893 bits per heavy atom. The van der Waals surface area contributed by atoms with Gasteiger partial charge in [0.1, 0.15) is 11.3 Å². The van der Waals surface area contributed by atoms with E-state index in [4.69, 9.17) is 4.42 Å². The molecule has 0 bridgehead atoms. The van der Waals surface area contributed by atoms with Crippen molar-refractivity contribution in [2.24, 2.45) is 0 Å². The van der Waals surface area contributed by atoms with Crippen LogP contribution in [0.15, 0.2) is 82.0 Å². The Bertz CT molecular complexity index is 1220. The molecule has 4 heteroatoms. The highest BCUT2D eigenvalue weighted by Crippen LogP contribution is 2.25. The van der Waals surface area contributed by atoms with Gasteiger partial charge in [0, 0.05) is 22.9 Å². The number of amides is 1. The zero-order chi connectivity index (χ0) is 19.7. The molecule has 4 aromatic rings. The van der Waals surface area contributed by atoms with Crippen LogP contribution in [-0.2, 0) is 0 Å². The number of rotatable bonds is 3. The van der Waals surface area contributed by atoms with Crippen molar-refractivity contribution in [1.29, 1.82) is 0 Å². The number of fused-ring (bicyclic) bond motifs is 1. The zero-order valence-corrected chi connectivity index (χ0v) is 15.7. The second kappa shape index (κ2) is 7.16. The van der Waals surface area contributed by atoms with Gasteiger partial charge in [-0.2, -0.15) is 0 Å². The minimum Gasteiger partial charge on any atom is -0.456 e. The summed E-state index contributed by atoms with van der Waals surface area (Å²) in [4.78, 5) is 24.9. The average molecular weight is 369 g/mol. The average Bonchev–Trinajstić information content (AvgIpc) is 2.69. The maximum Gasteiger partial charge on any atom is 0.255 e. The Labute approximate surface area is 162 Å². The molecule has 0 radical (unpaired) electrons. The largest absolute Gasteiger partial charge is 0.456 e. The third-order valence-corrected chi connectivity index (χ3v) is 4.62. The molecule has 0 spiro atoms. The van der Waals surface area contributed by atoms with Crippen LogP contribution in [0, 0.1) is 13.8 Å². The molecule has 1 N–H and O–H groups in total. The quantitative estimate of drug-likeness (QED) is 0.531. The summed E-state index contributed by atoms with van der Waals surface area (Å²) in [6.07, 6.45) is 0. The highest BCUT2D eigenvalue weighted by Gasteiger charge is 2.11. The lowest BCUT2D eigenvalue weighted by Crippen LogP contribution is -2.11. The molecule has 4 rings (SSSR count). The fourth-order valence-electron chi connectivity index (χ4n) is 3.26. The van der Waals surface area contributed by atoms with E-state index in [0.717, 1.165) is 22.4 Å². The van der Waals surface area contributed by atoms with Crippen LogP contribution >= 0.6 is 0 Å². The van der Waals surface area contributed by atoms with Gasteiger partial charge in [0.05, 0.1) is 5.39 Å². The molecule has 0 aliphatic heterocycles. The van der Waals surface area contributed by atoms with Crippen molar-refractivity contribution in [2.75, 3.05) is 5.32 Å². The van der Waals surface area contributed by atoms with E-state index in [2.05, 4.69) is 5.32 Å². The predicted molar refractivity (Wildman–Crippen MR) is 112 cm³/mol. The van der Waals surface area contributed by atoms with Crippen molar-refractivity contribution in [3.63, 3.8) is 0 Å². The fraction of sp³-hybridized carbons (Fsp3) is 0.0833. The molecule has 0 unspecified atom stereocenters. The van der Waals surface area contributed by atoms with Gasteiger partial charge in [-0.3, -0.25) is 9.59 Å². The van der Waals surface area contributed by atoms with Gasteiger partial charge in [-0.25, -0.2) is 0 Å². The third kappa shape index (κ3) is 3.45. The predicted octanol–water partition coefficient (Wildman–Crippen LogP) is 5.33. The molecular formula is C24H19NO3. The molecule has 1 aromatic heterocycles. The molecule has 1 heterocycles. The van der Waals surface area contributed by atoms with Crippen LogP contribution in [0.25, 0.3) is 22.3 Å². The first kappa shape index (κ1) is 17.7. The number of carbonyl (C=O) groups is 1. The number of hydrogen-bond acceptors (Lipinski definition) is 3. The molecule has 0 saturated carbocycles. The van der Waals surface area contributed by atoms with Crippen LogP contribution in [0.3, 0.4) is 0 Å². The van der Waals surface area contributed by atoms with Gasteiger partial charge >= 0.3 is 0 Å². The monoisotopic (exact) mass is 369 g/mol. The SMILES string of the molecule is Cc1cc(C)c2oc(-c3ccc(C(=O)Nc4ccccc4)cc3)cc(=O)c2c1. The second-order valence-corrected chi connectivity index (χ2v) is 6.83. The molecule has 0 fully saturated rings. The van der Waals surface area contributed by atoms with Gasteiger partial charge < -0.3 is 9.73 Å². The summed E-state index contributed by atoms with van der Waals surface area (Å²) in [6, 6.07) is 21.6. The van der Waals surface area contributed by atoms with E-state index in [0.29, 0.717) is 22.3 Å². The van der Waals surface area contributed by atoms with Crippen molar-refractivity contribution in [3.8, 4) is 11.3 Å². The van der Waals surface area contributed by atoms with Crippen LogP contribution in [0.2, 0.25) is 0 Å². The van der Waals surface area contributed by atoms with Crippen LogP contribution < -0.4 is 10.7 Å². The van der Waals surface area contributed by atoms with Crippen molar-refractivity contribution in [3.05, 3.63) is 99.7 Å². The highest BCUT2D eigenvalue weighted by atomic mass is 16.3. The molecule has 4 nitrogen and oxygen atoms in total. The lowest BCUT2D eigenvalue weighted by Gasteiger charge is -2.08. The Morgan fingerprint density at radius 3 is 2.32 bits per heavy atom. The maximum absolute atomic E-state index is 12.5. The van der Waals surface area contributed by atoms with E-state index in [1.165, 1.54) is 6.07 Å². The van der Waals surface area contributed by atoms with Crippen LogP contribution in [0.5, 0.6) is 0 Å². The van der Waals surface area contributed by atoms with Gasteiger partial charge in [-0.15, -0.1) is 0 Å². The summed E-state index contributed by atoms with van der Waals surface area (Å²) in [5.41, 5.74) is 4.49.